The first kappa shape index (κ1) is 17.7. The first-order valence-electron chi connectivity index (χ1n) is 9.59. The topological polar surface area (TPSA) is 45.3 Å². The number of rotatable bonds is 4. The van der Waals surface area contributed by atoms with Crippen LogP contribution in [0.15, 0.2) is 48.5 Å². The molecule has 4 heteroatoms. The van der Waals surface area contributed by atoms with Gasteiger partial charge in [0.2, 0.25) is 0 Å². The van der Waals surface area contributed by atoms with Crippen molar-refractivity contribution in [3.05, 3.63) is 65.4 Å². The van der Waals surface area contributed by atoms with Gasteiger partial charge in [-0.15, -0.1) is 0 Å². The van der Waals surface area contributed by atoms with E-state index in [0.29, 0.717) is 18.2 Å². The molecule has 0 spiro atoms. The molecule has 4 nitrogen and oxygen atoms in total. The smallest absolute Gasteiger partial charge is 0.271 e. The van der Waals surface area contributed by atoms with Crippen molar-refractivity contribution in [2.75, 3.05) is 7.11 Å². The molecule has 140 valence electrons. The second-order valence-electron chi connectivity index (χ2n) is 7.59. The standard InChI is InChI=1S/C23H26N2O2/c1-5-23(15(2)3)18-10-7-6-9-16(18)14-25(23)22(26)20-13-17-19(24-20)11-8-12-21(17)27-4/h6-13,15,24H,5,14H2,1-4H3. The van der Waals surface area contributed by atoms with Crippen LogP contribution < -0.4 is 4.74 Å². The number of hydrogen-bond acceptors (Lipinski definition) is 2. The van der Waals surface area contributed by atoms with Crippen molar-refractivity contribution < 1.29 is 9.53 Å². The van der Waals surface area contributed by atoms with Gasteiger partial charge in [-0.05, 0) is 41.7 Å². The Morgan fingerprint density at radius 1 is 1.22 bits per heavy atom. The molecule has 1 unspecified atom stereocenters. The summed E-state index contributed by atoms with van der Waals surface area (Å²) in [6.07, 6.45) is 0.886. The van der Waals surface area contributed by atoms with E-state index in [0.717, 1.165) is 23.1 Å². The molecule has 4 rings (SSSR count). The fraction of sp³-hybridized carbons (Fsp3) is 0.348. The van der Waals surface area contributed by atoms with Crippen LogP contribution in [0.25, 0.3) is 10.9 Å². The SMILES string of the molecule is CCC1(C(C)C)c2ccccc2CN1C(=O)c1cc2c(OC)cccc2[nH]1. The van der Waals surface area contributed by atoms with E-state index in [4.69, 9.17) is 4.74 Å². The molecule has 1 aliphatic heterocycles. The number of fused-ring (bicyclic) bond motifs is 2. The van der Waals surface area contributed by atoms with Crippen LogP contribution in [0.3, 0.4) is 0 Å². The van der Waals surface area contributed by atoms with Gasteiger partial charge in [0.1, 0.15) is 11.4 Å². The molecule has 0 saturated carbocycles. The molecule has 3 aromatic rings. The van der Waals surface area contributed by atoms with E-state index in [1.165, 1.54) is 11.1 Å². The molecular weight excluding hydrogens is 336 g/mol. The van der Waals surface area contributed by atoms with Crippen molar-refractivity contribution in [3.8, 4) is 5.75 Å². The predicted molar refractivity (Wildman–Crippen MR) is 108 cm³/mol. The molecular formula is C23H26N2O2. The summed E-state index contributed by atoms with van der Waals surface area (Å²) in [6, 6.07) is 16.2. The van der Waals surface area contributed by atoms with Gasteiger partial charge in [0, 0.05) is 17.4 Å². The third kappa shape index (κ3) is 2.47. The van der Waals surface area contributed by atoms with Crippen LogP contribution in [0.5, 0.6) is 5.75 Å². The number of hydrogen-bond donors (Lipinski definition) is 1. The van der Waals surface area contributed by atoms with Crippen LogP contribution in [0, 0.1) is 5.92 Å². The number of benzene rings is 2. The summed E-state index contributed by atoms with van der Waals surface area (Å²) in [4.78, 5) is 19.0. The second kappa shape index (κ2) is 6.45. The minimum absolute atomic E-state index is 0.0417. The van der Waals surface area contributed by atoms with Crippen LogP contribution in [-0.4, -0.2) is 22.9 Å². The predicted octanol–water partition coefficient (Wildman–Crippen LogP) is 5.09. The highest BCUT2D eigenvalue weighted by molar-refractivity contribution is 6.00. The van der Waals surface area contributed by atoms with Gasteiger partial charge >= 0.3 is 0 Å². The van der Waals surface area contributed by atoms with Gasteiger partial charge in [0.05, 0.1) is 12.6 Å². The molecule has 1 aliphatic rings. The Kier molecular flexibility index (Phi) is 4.22. The Morgan fingerprint density at radius 3 is 2.70 bits per heavy atom. The molecule has 2 heterocycles. The minimum atomic E-state index is -0.283. The Hall–Kier alpha value is -2.75. The lowest BCUT2D eigenvalue weighted by molar-refractivity contribution is 0.0324. The van der Waals surface area contributed by atoms with Gasteiger partial charge in [0.15, 0.2) is 0 Å². The van der Waals surface area contributed by atoms with Crippen molar-refractivity contribution in [1.29, 1.82) is 0 Å². The molecule has 1 atom stereocenters. The van der Waals surface area contributed by atoms with E-state index in [9.17, 15) is 4.79 Å². The van der Waals surface area contributed by atoms with Crippen LogP contribution in [-0.2, 0) is 12.1 Å². The third-order valence-corrected chi connectivity index (χ3v) is 6.11. The summed E-state index contributed by atoms with van der Waals surface area (Å²) >= 11 is 0. The maximum absolute atomic E-state index is 13.6. The number of ether oxygens (including phenoxy) is 1. The lowest BCUT2D eigenvalue weighted by Crippen LogP contribution is -2.48. The number of carbonyl (C=O) groups is 1. The Bertz CT molecular complexity index is 1000. The number of H-pyrrole nitrogens is 1. The van der Waals surface area contributed by atoms with E-state index < -0.39 is 0 Å². The van der Waals surface area contributed by atoms with Crippen LogP contribution in [0.1, 0.15) is 48.8 Å². The Morgan fingerprint density at radius 2 is 2.00 bits per heavy atom. The molecule has 0 bridgehead atoms. The maximum atomic E-state index is 13.6. The van der Waals surface area contributed by atoms with E-state index in [1.54, 1.807) is 7.11 Å². The quantitative estimate of drug-likeness (QED) is 0.702. The van der Waals surface area contributed by atoms with Crippen LogP contribution in [0.2, 0.25) is 0 Å². The number of aromatic nitrogens is 1. The lowest BCUT2D eigenvalue weighted by atomic mass is 9.77. The molecule has 0 saturated heterocycles. The fourth-order valence-electron chi connectivity index (χ4n) is 4.77. The number of carbonyl (C=O) groups excluding carboxylic acids is 1. The molecule has 0 radical (unpaired) electrons. The largest absolute Gasteiger partial charge is 0.496 e. The average molecular weight is 362 g/mol. The maximum Gasteiger partial charge on any atom is 0.271 e. The number of nitrogens with zero attached hydrogens (tertiary/aromatic N) is 1. The van der Waals surface area contributed by atoms with Crippen molar-refractivity contribution in [3.63, 3.8) is 0 Å². The molecule has 27 heavy (non-hydrogen) atoms. The number of aromatic amines is 1. The number of nitrogens with one attached hydrogen (secondary N) is 1. The highest BCUT2D eigenvalue weighted by Gasteiger charge is 2.48. The first-order chi connectivity index (χ1) is 13.0. The molecule has 1 amide bonds. The van der Waals surface area contributed by atoms with Gasteiger partial charge in [-0.1, -0.05) is 51.1 Å². The van der Waals surface area contributed by atoms with Crippen molar-refractivity contribution in [2.24, 2.45) is 5.92 Å². The van der Waals surface area contributed by atoms with E-state index in [-0.39, 0.29) is 11.4 Å². The molecule has 2 aromatic carbocycles. The normalized spacial score (nSPS) is 18.9. The minimum Gasteiger partial charge on any atom is -0.496 e. The number of methoxy groups -OCH3 is 1. The fourth-order valence-corrected chi connectivity index (χ4v) is 4.77. The van der Waals surface area contributed by atoms with Gasteiger partial charge in [-0.2, -0.15) is 0 Å². The first-order valence-corrected chi connectivity index (χ1v) is 9.59. The van der Waals surface area contributed by atoms with Crippen LogP contribution >= 0.6 is 0 Å². The Balaban J connectivity index is 1.82. The Labute approximate surface area is 160 Å². The van der Waals surface area contributed by atoms with Crippen LogP contribution in [0.4, 0.5) is 0 Å². The molecule has 0 fully saturated rings. The number of amides is 1. The van der Waals surface area contributed by atoms with E-state index in [1.807, 2.05) is 24.3 Å². The summed E-state index contributed by atoms with van der Waals surface area (Å²) in [7, 11) is 1.65. The van der Waals surface area contributed by atoms with E-state index >= 15 is 0 Å². The monoisotopic (exact) mass is 362 g/mol. The van der Waals surface area contributed by atoms with Gasteiger partial charge < -0.3 is 14.6 Å². The molecule has 1 N–H and O–H groups in total. The molecule has 0 aliphatic carbocycles. The highest BCUT2D eigenvalue weighted by atomic mass is 16.5. The van der Waals surface area contributed by atoms with E-state index in [2.05, 4.69) is 54.9 Å². The van der Waals surface area contributed by atoms with Gasteiger partial charge in [-0.25, -0.2) is 0 Å². The highest BCUT2D eigenvalue weighted by Crippen LogP contribution is 2.47. The van der Waals surface area contributed by atoms with Gasteiger partial charge in [-0.3, -0.25) is 4.79 Å². The zero-order valence-electron chi connectivity index (χ0n) is 16.4. The average Bonchev–Trinajstić information content (AvgIpc) is 3.26. The zero-order chi connectivity index (χ0) is 19.2. The summed E-state index contributed by atoms with van der Waals surface area (Å²) in [5.74, 6) is 1.13. The summed E-state index contributed by atoms with van der Waals surface area (Å²) in [6.45, 7) is 7.24. The van der Waals surface area contributed by atoms with Crippen molar-refractivity contribution >= 4 is 16.8 Å². The van der Waals surface area contributed by atoms with Crippen molar-refractivity contribution in [2.45, 2.75) is 39.3 Å². The summed E-state index contributed by atoms with van der Waals surface area (Å²) < 4.78 is 5.45. The van der Waals surface area contributed by atoms with Gasteiger partial charge in [0.25, 0.3) is 5.91 Å². The zero-order valence-corrected chi connectivity index (χ0v) is 16.4. The third-order valence-electron chi connectivity index (χ3n) is 6.11. The molecule has 1 aromatic heterocycles. The summed E-state index contributed by atoms with van der Waals surface area (Å²) in [5, 5.41) is 0.937. The second-order valence-corrected chi connectivity index (χ2v) is 7.59. The summed E-state index contributed by atoms with van der Waals surface area (Å²) in [5.41, 5.74) is 3.77. The lowest BCUT2D eigenvalue weighted by Gasteiger charge is -2.42. The van der Waals surface area contributed by atoms with Crippen molar-refractivity contribution in [1.82, 2.24) is 9.88 Å².